The van der Waals surface area contributed by atoms with Gasteiger partial charge < -0.3 is 5.73 Å². The van der Waals surface area contributed by atoms with Crippen LogP contribution >= 0.6 is 0 Å². The number of halogens is 2. The number of likely N-dealkylation sites (N-methyl/N-ethyl adjacent to an activating group) is 1. The second kappa shape index (κ2) is 7.61. The van der Waals surface area contributed by atoms with Crippen LogP contribution in [0.2, 0.25) is 0 Å². The summed E-state index contributed by atoms with van der Waals surface area (Å²) >= 11 is 0. The van der Waals surface area contributed by atoms with E-state index in [4.69, 9.17) is 5.73 Å². The first kappa shape index (κ1) is 20.2. The van der Waals surface area contributed by atoms with Gasteiger partial charge in [0.15, 0.2) is 11.5 Å². The number of carbonyl (C=O) groups excluding carboxylic acids is 1. The largest absolute Gasteiger partial charge is 0.369 e. The Labute approximate surface area is 177 Å². The first-order chi connectivity index (χ1) is 14.9. The van der Waals surface area contributed by atoms with Crippen molar-refractivity contribution in [2.24, 2.45) is 10.7 Å². The third kappa shape index (κ3) is 3.20. The van der Waals surface area contributed by atoms with Gasteiger partial charge in [-0.3, -0.25) is 14.7 Å². The van der Waals surface area contributed by atoms with Gasteiger partial charge in [0, 0.05) is 18.8 Å². The Bertz CT molecular complexity index is 1270. The smallest absolute Gasteiger partial charge is 0.266 e. The summed E-state index contributed by atoms with van der Waals surface area (Å²) in [5.74, 6) is -1.32. The van der Waals surface area contributed by atoms with Gasteiger partial charge in [-0.15, -0.1) is 0 Å². The van der Waals surface area contributed by atoms with Gasteiger partial charge >= 0.3 is 0 Å². The van der Waals surface area contributed by atoms with Crippen molar-refractivity contribution in [1.29, 1.82) is 5.26 Å². The van der Waals surface area contributed by atoms with Crippen LogP contribution in [0.4, 0.5) is 8.78 Å². The molecule has 1 aliphatic rings. The van der Waals surface area contributed by atoms with Crippen LogP contribution in [0.15, 0.2) is 65.8 Å². The molecule has 3 aromatic rings. The third-order valence-corrected chi connectivity index (χ3v) is 5.29. The number of aliphatic imine (C=N–C) groups is 1. The molecule has 2 heterocycles. The van der Waals surface area contributed by atoms with Crippen LogP contribution < -0.4 is 5.73 Å². The van der Waals surface area contributed by atoms with E-state index in [1.807, 2.05) is 0 Å². The van der Waals surface area contributed by atoms with Gasteiger partial charge in [-0.1, -0.05) is 18.2 Å². The minimum absolute atomic E-state index is 0.0272. The molecule has 0 aliphatic carbocycles. The van der Waals surface area contributed by atoms with E-state index in [1.54, 1.807) is 30.3 Å². The van der Waals surface area contributed by atoms with Crippen LogP contribution in [0, 0.1) is 17.1 Å². The number of alkyl halides is 1. The van der Waals surface area contributed by atoms with Crippen LogP contribution in [0.5, 0.6) is 0 Å². The number of hydrogen-bond acceptors (Lipinski definition) is 5. The lowest BCUT2D eigenvalue weighted by molar-refractivity contribution is -0.129. The van der Waals surface area contributed by atoms with Gasteiger partial charge in [0.05, 0.1) is 17.3 Å². The van der Waals surface area contributed by atoms with E-state index in [1.165, 1.54) is 37.5 Å². The quantitative estimate of drug-likeness (QED) is 0.705. The predicted octanol–water partition coefficient (Wildman–Crippen LogP) is 3.26. The zero-order chi connectivity index (χ0) is 22.2. The Balaban J connectivity index is 1.99. The van der Waals surface area contributed by atoms with Crippen LogP contribution in [0.3, 0.4) is 0 Å². The molecule has 2 aromatic carbocycles. The minimum atomic E-state index is -1.82. The Kier molecular flexibility index (Phi) is 4.95. The summed E-state index contributed by atoms with van der Waals surface area (Å²) in [7, 11) is 1.44. The van der Waals surface area contributed by atoms with Crippen molar-refractivity contribution < 1.29 is 13.6 Å². The molecule has 4 rings (SSSR count). The number of nitrogens with two attached hydrogens (primary N) is 1. The standard InChI is InChI=1S/C23H17F2N5O/c1-30-21(31)23(29-22(30)27,17-7-8-28-18(11-17)12-24)19-10-16(5-6-20(19)25)15-4-2-3-14(9-15)13-26/h2-11H,12H2,1H3,(H2,27,29). The molecule has 0 saturated heterocycles. The molecule has 0 saturated carbocycles. The van der Waals surface area contributed by atoms with Crippen LogP contribution in [0.25, 0.3) is 11.1 Å². The molecular formula is C23H17F2N5O. The number of rotatable bonds is 4. The molecule has 1 atom stereocenters. The minimum Gasteiger partial charge on any atom is -0.369 e. The molecule has 0 spiro atoms. The van der Waals surface area contributed by atoms with E-state index in [0.717, 1.165) is 4.90 Å². The molecule has 0 radical (unpaired) electrons. The number of hydrogen-bond donors (Lipinski definition) is 1. The molecular weight excluding hydrogens is 400 g/mol. The highest BCUT2D eigenvalue weighted by Crippen LogP contribution is 2.42. The summed E-state index contributed by atoms with van der Waals surface area (Å²) in [6.07, 6.45) is 1.35. The second-order valence-corrected chi connectivity index (χ2v) is 7.10. The second-order valence-electron chi connectivity index (χ2n) is 7.10. The van der Waals surface area contributed by atoms with Crippen LogP contribution in [-0.4, -0.2) is 28.8 Å². The first-order valence-corrected chi connectivity index (χ1v) is 9.36. The number of benzene rings is 2. The van der Waals surface area contributed by atoms with Crippen molar-refractivity contribution in [3.05, 3.63) is 89.0 Å². The van der Waals surface area contributed by atoms with E-state index >= 15 is 4.39 Å². The molecule has 31 heavy (non-hydrogen) atoms. The van der Waals surface area contributed by atoms with Crippen molar-refractivity contribution in [2.45, 2.75) is 12.2 Å². The highest BCUT2D eigenvalue weighted by atomic mass is 19.1. The van der Waals surface area contributed by atoms with Crippen molar-refractivity contribution in [3.8, 4) is 17.2 Å². The lowest BCUT2D eigenvalue weighted by Gasteiger charge is -2.27. The Morgan fingerprint density at radius 1 is 1.16 bits per heavy atom. The van der Waals surface area contributed by atoms with E-state index in [2.05, 4.69) is 16.0 Å². The fourth-order valence-corrected chi connectivity index (χ4v) is 3.69. The van der Waals surface area contributed by atoms with Crippen LogP contribution in [0.1, 0.15) is 22.4 Å². The van der Waals surface area contributed by atoms with Crippen molar-refractivity contribution in [3.63, 3.8) is 0 Å². The lowest BCUT2D eigenvalue weighted by Crippen LogP contribution is -2.41. The third-order valence-electron chi connectivity index (χ3n) is 5.29. The van der Waals surface area contributed by atoms with Crippen molar-refractivity contribution >= 4 is 11.9 Å². The van der Waals surface area contributed by atoms with Crippen LogP contribution in [-0.2, 0) is 17.0 Å². The van der Waals surface area contributed by atoms with Crippen molar-refractivity contribution in [1.82, 2.24) is 9.88 Å². The summed E-state index contributed by atoms with van der Waals surface area (Å²) in [6, 6.07) is 16.1. The predicted molar refractivity (Wildman–Crippen MR) is 111 cm³/mol. The average molecular weight is 417 g/mol. The molecule has 154 valence electrons. The maximum absolute atomic E-state index is 15.2. The fraction of sp³-hybridized carbons (Fsp3) is 0.130. The van der Waals surface area contributed by atoms with Gasteiger partial charge in [0.2, 0.25) is 0 Å². The van der Waals surface area contributed by atoms with Gasteiger partial charge in [-0.25, -0.2) is 13.8 Å². The number of amides is 1. The van der Waals surface area contributed by atoms with Crippen molar-refractivity contribution in [2.75, 3.05) is 7.05 Å². The summed E-state index contributed by atoms with van der Waals surface area (Å²) in [5.41, 5.74) is 6.14. The Morgan fingerprint density at radius 3 is 2.61 bits per heavy atom. The summed E-state index contributed by atoms with van der Waals surface area (Å²) < 4.78 is 28.5. The zero-order valence-corrected chi connectivity index (χ0v) is 16.5. The van der Waals surface area contributed by atoms with E-state index < -0.39 is 23.9 Å². The van der Waals surface area contributed by atoms with Gasteiger partial charge in [-0.2, -0.15) is 5.26 Å². The number of nitrogens with zero attached hydrogens (tertiary/aromatic N) is 4. The molecule has 6 nitrogen and oxygen atoms in total. The summed E-state index contributed by atoms with van der Waals surface area (Å²) in [4.78, 5) is 22.8. The maximum Gasteiger partial charge on any atom is 0.266 e. The molecule has 0 fully saturated rings. The lowest BCUT2D eigenvalue weighted by atomic mass is 9.81. The summed E-state index contributed by atoms with van der Waals surface area (Å²) in [5, 5.41) is 9.18. The first-order valence-electron chi connectivity index (χ1n) is 9.36. The number of pyridine rings is 1. The highest BCUT2D eigenvalue weighted by Gasteiger charge is 2.51. The molecule has 1 aliphatic heterocycles. The molecule has 1 amide bonds. The van der Waals surface area contributed by atoms with E-state index in [0.29, 0.717) is 16.7 Å². The van der Waals surface area contributed by atoms with Gasteiger partial charge in [0.1, 0.15) is 12.5 Å². The van der Waals surface area contributed by atoms with Gasteiger partial charge in [0.25, 0.3) is 5.91 Å². The Hall–Kier alpha value is -4.12. The topological polar surface area (TPSA) is 95.4 Å². The monoisotopic (exact) mass is 417 g/mol. The maximum atomic E-state index is 15.2. The summed E-state index contributed by atoms with van der Waals surface area (Å²) in [6.45, 7) is -0.851. The number of aromatic nitrogens is 1. The zero-order valence-electron chi connectivity index (χ0n) is 16.5. The molecule has 2 N–H and O–H groups in total. The SMILES string of the molecule is CN1C(=O)C(c2ccnc(CF)c2)(c2cc(-c3cccc(C#N)c3)ccc2F)N=C1N. The molecule has 0 bridgehead atoms. The number of nitriles is 1. The average Bonchev–Trinajstić information content (AvgIpc) is 3.04. The molecule has 1 unspecified atom stereocenters. The van der Waals surface area contributed by atoms with E-state index in [-0.39, 0.29) is 22.8 Å². The molecule has 1 aromatic heterocycles. The van der Waals surface area contributed by atoms with E-state index in [9.17, 15) is 14.4 Å². The normalized spacial score (nSPS) is 18.1. The van der Waals surface area contributed by atoms with Gasteiger partial charge in [-0.05, 0) is 53.1 Å². The Morgan fingerprint density at radius 2 is 1.94 bits per heavy atom. The number of guanidine groups is 1. The highest BCUT2D eigenvalue weighted by molar-refractivity contribution is 6.09. The number of carbonyl (C=O) groups is 1. The fourth-order valence-electron chi connectivity index (χ4n) is 3.69. The molecule has 8 heteroatoms.